The fraction of sp³-hybridized carbons (Fsp3) is 0. The maximum absolute atomic E-state index is 14.0. The minimum Gasteiger partial charge on any atom is -0.507 e. The Morgan fingerprint density at radius 3 is 2.52 bits per heavy atom. The molecule has 6 nitrogen and oxygen atoms in total. The molecule has 0 aliphatic carbocycles. The maximum Gasteiger partial charge on any atom is 0.336 e. The summed E-state index contributed by atoms with van der Waals surface area (Å²) in [7, 11) is 0. The van der Waals surface area contributed by atoms with Crippen LogP contribution in [0.15, 0.2) is 52.5 Å². The van der Waals surface area contributed by atoms with E-state index in [9.17, 15) is 23.9 Å². The lowest BCUT2D eigenvalue weighted by Gasteiger charge is -2.26. The van der Waals surface area contributed by atoms with Gasteiger partial charge in [-0.2, -0.15) is 0 Å². The van der Waals surface area contributed by atoms with Gasteiger partial charge in [0.15, 0.2) is 0 Å². The van der Waals surface area contributed by atoms with Gasteiger partial charge in [-0.05, 0) is 51.8 Å². The normalized spacial score (nSPS) is 16.3. The molecule has 4 amide bonds. The van der Waals surface area contributed by atoms with Crippen LogP contribution in [-0.4, -0.2) is 23.0 Å². The molecular formula is C17H10BrFN2O4. The zero-order valence-electron chi connectivity index (χ0n) is 12.5. The Morgan fingerprint density at radius 2 is 1.84 bits per heavy atom. The molecule has 2 aromatic rings. The van der Waals surface area contributed by atoms with E-state index in [0.29, 0.717) is 14.9 Å². The van der Waals surface area contributed by atoms with Crippen molar-refractivity contribution in [1.29, 1.82) is 0 Å². The molecule has 0 aromatic heterocycles. The number of barbiturate groups is 1. The molecule has 0 bridgehead atoms. The molecular weight excluding hydrogens is 395 g/mol. The largest absolute Gasteiger partial charge is 0.507 e. The second-order valence-electron chi connectivity index (χ2n) is 5.12. The van der Waals surface area contributed by atoms with Crippen molar-refractivity contribution in [1.82, 2.24) is 5.32 Å². The number of nitrogens with one attached hydrogen (secondary N) is 1. The molecule has 1 aliphatic heterocycles. The number of hydrogen-bond acceptors (Lipinski definition) is 4. The molecule has 3 rings (SSSR count). The molecule has 2 N–H and O–H groups in total. The number of halogens is 2. The highest BCUT2D eigenvalue weighted by atomic mass is 79.9. The molecule has 0 saturated carbocycles. The number of rotatable bonds is 2. The second kappa shape index (κ2) is 6.48. The highest BCUT2D eigenvalue weighted by Gasteiger charge is 2.37. The van der Waals surface area contributed by atoms with Gasteiger partial charge in [0.05, 0.1) is 10.2 Å². The Hall–Kier alpha value is -3.00. The number of phenolic OH excluding ortho intramolecular Hbond substituents is 1. The average molecular weight is 405 g/mol. The van der Waals surface area contributed by atoms with Crippen molar-refractivity contribution in [2.24, 2.45) is 0 Å². The third-order valence-electron chi connectivity index (χ3n) is 3.48. The lowest BCUT2D eigenvalue weighted by atomic mass is 10.1. The van der Waals surface area contributed by atoms with Crippen LogP contribution in [0.2, 0.25) is 0 Å². The van der Waals surface area contributed by atoms with Crippen LogP contribution in [0, 0.1) is 5.82 Å². The summed E-state index contributed by atoms with van der Waals surface area (Å²) in [6, 6.07) is 8.58. The molecule has 1 aliphatic rings. The van der Waals surface area contributed by atoms with Crippen LogP contribution < -0.4 is 10.2 Å². The Morgan fingerprint density at radius 1 is 1.12 bits per heavy atom. The van der Waals surface area contributed by atoms with E-state index < -0.39 is 23.7 Å². The van der Waals surface area contributed by atoms with Gasteiger partial charge in [-0.25, -0.2) is 14.1 Å². The van der Waals surface area contributed by atoms with Gasteiger partial charge in [0, 0.05) is 0 Å². The van der Waals surface area contributed by atoms with E-state index in [-0.39, 0.29) is 17.0 Å². The van der Waals surface area contributed by atoms with Crippen LogP contribution in [-0.2, 0) is 9.59 Å². The number of anilines is 1. The summed E-state index contributed by atoms with van der Waals surface area (Å²) >= 11 is 3.13. The predicted molar refractivity (Wildman–Crippen MR) is 91.2 cm³/mol. The van der Waals surface area contributed by atoms with Gasteiger partial charge in [-0.15, -0.1) is 0 Å². The number of carbonyl (C=O) groups is 3. The zero-order valence-corrected chi connectivity index (χ0v) is 14.1. The van der Waals surface area contributed by atoms with Crippen molar-refractivity contribution < 1.29 is 23.9 Å². The Bertz CT molecular complexity index is 942. The first-order valence-electron chi connectivity index (χ1n) is 7.03. The van der Waals surface area contributed by atoms with E-state index in [1.807, 2.05) is 5.32 Å². The summed E-state index contributed by atoms with van der Waals surface area (Å²) < 4.78 is 14.3. The van der Waals surface area contributed by atoms with Gasteiger partial charge in [0.25, 0.3) is 11.8 Å². The van der Waals surface area contributed by atoms with E-state index in [1.165, 1.54) is 42.5 Å². The summed E-state index contributed by atoms with van der Waals surface area (Å²) in [4.78, 5) is 37.2. The summed E-state index contributed by atoms with van der Waals surface area (Å²) in [6.45, 7) is 0. The van der Waals surface area contributed by atoms with Crippen molar-refractivity contribution in [3.05, 3.63) is 63.9 Å². The summed E-state index contributed by atoms with van der Waals surface area (Å²) in [5.74, 6) is -2.60. The molecule has 8 heteroatoms. The number of urea groups is 1. The second-order valence-corrected chi connectivity index (χ2v) is 5.97. The van der Waals surface area contributed by atoms with E-state index in [4.69, 9.17) is 0 Å². The molecule has 0 unspecified atom stereocenters. The van der Waals surface area contributed by atoms with E-state index in [0.717, 1.165) is 6.07 Å². The molecule has 25 heavy (non-hydrogen) atoms. The van der Waals surface area contributed by atoms with Crippen LogP contribution in [0.3, 0.4) is 0 Å². The third-order valence-corrected chi connectivity index (χ3v) is 4.11. The lowest BCUT2D eigenvalue weighted by molar-refractivity contribution is -0.122. The minimum absolute atomic E-state index is 0.00951. The van der Waals surface area contributed by atoms with Crippen molar-refractivity contribution in [3.8, 4) is 5.75 Å². The molecule has 1 saturated heterocycles. The smallest absolute Gasteiger partial charge is 0.336 e. The quantitative estimate of drug-likeness (QED) is 0.594. The number of hydrogen-bond donors (Lipinski definition) is 2. The van der Waals surface area contributed by atoms with Gasteiger partial charge in [-0.3, -0.25) is 14.9 Å². The third kappa shape index (κ3) is 3.16. The molecule has 0 radical (unpaired) electrons. The van der Waals surface area contributed by atoms with Gasteiger partial charge in [0.1, 0.15) is 17.1 Å². The van der Waals surface area contributed by atoms with E-state index in [2.05, 4.69) is 15.9 Å². The average Bonchev–Trinajstić information content (AvgIpc) is 2.56. The maximum atomic E-state index is 14.0. The fourth-order valence-corrected chi connectivity index (χ4v) is 2.69. The van der Waals surface area contributed by atoms with Gasteiger partial charge in [0.2, 0.25) is 0 Å². The summed E-state index contributed by atoms with van der Waals surface area (Å²) in [5.41, 5.74) is -0.151. The Balaban J connectivity index is 2.05. The monoisotopic (exact) mass is 404 g/mol. The molecule has 2 aromatic carbocycles. The topological polar surface area (TPSA) is 86.7 Å². The number of amides is 4. The van der Waals surface area contributed by atoms with Crippen LogP contribution in [0.25, 0.3) is 6.08 Å². The molecule has 126 valence electrons. The van der Waals surface area contributed by atoms with Crippen LogP contribution in [0.5, 0.6) is 5.75 Å². The number of carbonyl (C=O) groups excluding carboxylic acids is 3. The molecule has 1 heterocycles. The first-order chi connectivity index (χ1) is 11.9. The standard InChI is InChI=1S/C17H10BrFN2O4/c18-11-8-9(5-6-14(11)22)7-10-15(23)20-17(25)21(16(10)24)13-4-2-1-3-12(13)19/h1-8,22H,(H,20,23,25). The van der Waals surface area contributed by atoms with Crippen molar-refractivity contribution in [2.75, 3.05) is 4.90 Å². The molecule has 1 fully saturated rings. The van der Waals surface area contributed by atoms with E-state index in [1.54, 1.807) is 0 Å². The molecule has 0 spiro atoms. The first kappa shape index (κ1) is 16.8. The highest BCUT2D eigenvalue weighted by molar-refractivity contribution is 9.10. The number of aromatic hydroxyl groups is 1. The fourth-order valence-electron chi connectivity index (χ4n) is 2.29. The van der Waals surface area contributed by atoms with Gasteiger partial charge >= 0.3 is 6.03 Å². The minimum atomic E-state index is -1.02. The zero-order chi connectivity index (χ0) is 18.1. The van der Waals surface area contributed by atoms with Crippen molar-refractivity contribution >= 4 is 45.5 Å². The number of benzene rings is 2. The number of imide groups is 2. The Labute approximate surface area is 149 Å². The Kier molecular flexibility index (Phi) is 4.37. The number of para-hydroxylation sites is 1. The number of phenols is 1. The van der Waals surface area contributed by atoms with Crippen LogP contribution in [0.1, 0.15) is 5.56 Å². The van der Waals surface area contributed by atoms with Gasteiger partial charge in [-0.1, -0.05) is 18.2 Å². The van der Waals surface area contributed by atoms with Crippen LogP contribution >= 0.6 is 15.9 Å². The number of nitrogens with zero attached hydrogens (tertiary/aromatic N) is 1. The SMILES string of the molecule is O=C1NC(=O)N(c2ccccc2F)C(=O)C1=Cc1ccc(O)c(Br)c1. The van der Waals surface area contributed by atoms with Crippen LogP contribution in [0.4, 0.5) is 14.9 Å². The predicted octanol–water partition coefficient (Wildman–Crippen LogP) is 2.96. The van der Waals surface area contributed by atoms with Gasteiger partial charge < -0.3 is 5.11 Å². The lowest BCUT2D eigenvalue weighted by Crippen LogP contribution is -2.54. The summed E-state index contributed by atoms with van der Waals surface area (Å²) in [5, 5.41) is 11.5. The van der Waals surface area contributed by atoms with Crippen molar-refractivity contribution in [2.45, 2.75) is 0 Å². The first-order valence-corrected chi connectivity index (χ1v) is 7.82. The van der Waals surface area contributed by atoms with E-state index >= 15 is 0 Å². The highest BCUT2D eigenvalue weighted by Crippen LogP contribution is 2.27. The molecule has 0 atom stereocenters. The summed E-state index contributed by atoms with van der Waals surface area (Å²) in [6.07, 6.45) is 1.25. The van der Waals surface area contributed by atoms with Crippen molar-refractivity contribution in [3.63, 3.8) is 0 Å².